The summed E-state index contributed by atoms with van der Waals surface area (Å²) in [5.74, 6) is -0.888. The highest BCUT2D eigenvalue weighted by Gasteiger charge is 2.20. The Labute approximate surface area is 162 Å². The minimum Gasteiger partial charge on any atom is -0.493 e. The molecule has 28 heavy (non-hydrogen) atoms. The molecule has 0 radical (unpaired) electrons. The van der Waals surface area contributed by atoms with Gasteiger partial charge in [0.15, 0.2) is 11.5 Å². The summed E-state index contributed by atoms with van der Waals surface area (Å²) in [5, 5.41) is 0. The summed E-state index contributed by atoms with van der Waals surface area (Å²) in [5.41, 5.74) is -0.0519. The molecule has 0 heterocycles. The smallest absolute Gasteiger partial charge is 0.337 e. The van der Waals surface area contributed by atoms with E-state index in [1.807, 2.05) is 0 Å². The van der Waals surface area contributed by atoms with Crippen molar-refractivity contribution in [3.05, 3.63) is 47.5 Å². The fourth-order valence-electron chi connectivity index (χ4n) is 2.36. The molecule has 0 atom stereocenters. The van der Waals surface area contributed by atoms with Crippen molar-refractivity contribution in [1.82, 2.24) is 0 Å². The van der Waals surface area contributed by atoms with Crippen LogP contribution < -0.4 is 14.2 Å². The molecule has 0 aliphatic rings. The second-order valence-electron chi connectivity index (χ2n) is 5.40. The van der Waals surface area contributed by atoms with Gasteiger partial charge in [0.25, 0.3) is 10.0 Å². The maximum Gasteiger partial charge on any atom is 0.337 e. The van der Waals surface area contributed by atoms with Crippen LogP contribution in [0.5, 0.6) is 11.5 Å². The summed E-state index contributed by atoms with van der Waals surface area (Å²) in [6.45, 7) is 0. The summed E-state index contributed by atoms with van der Waals surface area (Å²) < 4.78 is 47.2. The van der Waals surface area contributed by atoms with E-state index in [9.17, 15) is 18.0 Å². The van der Waals surface area contributed by atoms with Crippen LogP contribution in [0.1, 0.15) is 20.7 Å². The van der Waals surface area contributed by atoms with Crippen LogP contribution in [0.15, 0.2) is 41.3 Å². The summed E-state index contributed by atoms with van der Waals surface area (Å²) in [7, 11) is 1.08. The number of hydrogen-bond acceptors (Lipinski definition) is 8. The Bertz CT molecular complexity index is 966. The Morgan fingerprint density at radius 3 is 1.79 bits per heavy atom. The number of esters is 2. The van der Waals surface area contributed by atoms with E-state index >= 15 is 0 Å². The highest BCUT2D eigenvalue weighted by atomic mass is 32.2. The molecule has 10 heteroatoms. The number of sulfonamides is 1. The van der Waals surface area contributed by atoms with Crippen molar-refractivity contribution in [2.75, 3.05) is 33.2 Å². The Balaban J connectivity index is 2.48. The number of carbonyl (C=O) groups is 2. The molecule has 0 saturated carbocycles. The van der Waals surface area contributed by atoms with Crippen LogP contribution in [0.2, 0.25) is 0 Å². The molecule has 0 amide bonds. The van der Waals surface area contributed by atoms with Crippen LogP contribution in [0.25, 0.3) is 0 Å². The highest BCUT2D eigenvalue weighted by Crippen LogP contribution is 2.30. The van der Waals surface area contributed by atoms with E-state index in [4.69, 9.17) is 9.47 Å². The zero-order valence-corrected chi connectivity index (χ0v) is 16.5. The number of rotatable bonds is 7. The van der Waals surface area contributed by atoms with Gasteiger partial charge in [-0.25, -0.2) is 18.0 Å². The van der Waals surface area contributed by atoms with Crippen LogP contribution in [-0.2, 0) is 19.5 Å². The summed E-state index contributed by atoms with van der Waals surface area (Å²) in [6, 6.07) is 7.79. The van der Waals surface area contributed by atoms with Crippen LogP contribution in [0, 0.1) is 0 Å². The number of ether oxygens (including phenoxy) is 4. The number of carbonyl (C=O) groups excluding carboxylic acids is 2. The predicted molar refractivity (Wildman–Crippen MR) is 99.5 cm³/mol. The highest BCUT2D eigenvalue weighted by molar-refractivity contribution is 7.92. The van der Waals surface area contributed by atoms with E-state index in [0.717, 1.165) is 0 Å². The molecule has 150 valence electrons. The second kappa shape index (κ2) is 8.61. The number of anilines is 1. The molecule has 0 bridgehead atoms. The molecule has 1 N–H and O–H groups in total. The van der Waals surface area contributed by atoms with Gasteiger partial charge in [-0.2, -0.15) is 0 Å². The molecule has 2 rings (SSSR count). The predicted octanol–water partition coefficient (Wildman–Crippen LogP) is 2.08. The molecule has 2 aromatic carbocycles. The molecule has 0 saturated heterocycles. The number of methoxy groups -OCH3 is 4. The van der Waals surface area contributed by atoms with Gasteiger partial charge in [0.2, 0.25) is 0 Å². The van der Waals surface area contributed by atoms with Gasteiger partial charge in [-0.3, -0.25) is 4.72 Å². The first-order valence-electron chi connectivity index (χ1n) is 7.82. The van der Waals surface area contributed by atoms with E-state index in [1.165, 1.54) is 64.8 Å². The van der Waals surface area contributed by atoms with E-state index in [-0.39, 0.29) is 27.5 Å². The van der Waals surface area contributed by atoms with E-state index in [2.05, 4.69) is 14.2 Å². The Morgan fingerprint density at radius 2 is 1.32 bits per heavy atom. The third-order valence-electron chi connectivity index (χ3n) is 3.69. The third kappa shape index (κ3) is 4.52. The van der Waals surface area contributed by atoms with Crippen molar-refractivity contribution in [3.8, 4) is 11.5 Å². The lowest BCUT2D eigenvalue weighted by molar-refractivity contribution is 0.0599. The average molecular weight is 409 g/mol. The molecule has 0 aromatic heterocycles. The van der Waals surface area contributed by atoms with E-state index in [1.54, 1.807) is 0 Å². The summed E-state index contributed by atoms with van der Waals surface area (Å²) in [6.07, 6.45) is 0. The lowest BCUT2D eigenvalue weighted by atomic mass is 10.1. The van der Waals surface area contributed by atoms with E-state index < -0.39 is 22.0 Å². The first-order valence-corrected chi connectivity index (χ1v) is 9.30. The molecular weight excluding hydrogens is 390 g/mol. The van der Waals surface area contributed by atoms with Crippen LogP contribution in [0.3, 0.4) is 0 Å². The third-order valence-corrected chi connectivity index (χ3v) is 5.07. The minimum atomic E-state index is -4.06. The number of hydrogen-bond donors (Lipinski definition) is 1. The molecule has 2 aromatic rings. The molecule has 0 unspecified atom stereocenters. The van der Waals surface area contributed by atoms with Gasteiger partial charge in [-0.1, -0.05) is 0 Å². The normalized spacial score (nSPS) is 10.7. The van der Waals surface area contributed by atoms with Crippen molar-refractivity contribution in [1.29, 1.82) is 0 Å². The van der Waals surface area contributed by atoms with Crippen LogP contribution in [0.4, 0.5) is 5.69 Å². The monoisotopic (exact) mass is 409 g/mol. The lowest BCUT2D eigenvalue weighted by Crippen LogP contribution is -2.15. The van der Waals surface area contributed by atoms with Gasteiger partial charge in [-0.05, 0) is 30.3 Å². The fraction of sp³-hybridized carbons (Fsp3) is 0.222. The zero-order chi connectivity index (χ0) is 20.9. The van der Waals surface area contributed by atoms with E-state index in [0.29, 0.717) is 5.75 Å². The Hall–Kier alpha value is -3.27. The molecular formula is C18H19NO8S. The van der Waals surface area contributed by atoms with Gasteiger partial charge in [0.1, 0.15) is 0 Å². The lowest BCUT2D eigenvalue weighted by Gasteiger charge is -2.13. The van der Waals surface area contributed by atoms with Crippen molar-refractivity contribution in [2.24, 2.45) is 0 Å². The standard InChI is InChI=1S/C18H19NO8S/c1-24-15-6-5-14(10-16(15)25-2)28(22,23)19-13-8-11(17(20)26-3)7-12(9-13)18(21)27-4/h5-10,19H,1-4H3. The average Bonchev–Trinajstić information content (AvgIpc) is 2.71. The quantitative estimate of drug-likeness (QED) is 0.691. The maximum atomic E-state index is 12.7. The summed E-state index contributed by atoms with van der Waals surface area (Å²) in [4.78, 5) is 23.6. The van der Waals surface area contributed by atoms with Gasteiger partial charge in [0, 0.05) is 6.07 Å². The first kappa shape index (κ1) is 21.0. The second-order valence-corrected chi connectivity index (χ2v) is 7.09. The van der Waals surface area contributed by atoms with Crippen molar-refractivity contribution in [2.45, 2.75) is 4.90 Å². The molecule has 0 aliphatic carbocycles. The first-order chi connectivity index (χ1) is 13.2. The molecule has 0 spiro atoms. The van der Waals surface area contributed by atoms with Crippen molar-refractivity contribution < 1.29 is 37.0 Å². The zero-order valence-electron chi connectivity index (χ0n) is 15.6. The van der Waals surface area contributed by atoms with Crippen molar-refractivity contribution >= 4 is 27.6 Å². The van der Waals surface area contributed by atoms with Gasteiger partial charge in [-0.15, -0.1) is 0 Å². The summed E-state index contributed by atoms with van der Waals surface area (Å²) >= 11 is 0. The number of nitrogens with one attached hydrogen (secondary N) is 1. The Morgan fingerprint density at radius 1 is 0.786 bits per heavy atom. The van der Waals surface area contributed by atoms with Crippen LogP contribution >= 0.6 is 0 Å². The molecule has 9 nitrogen and oxygen atoms in total. The van der Waals surface area contributed by atoms with Gasteiger partial charge in [0.05, 0.1) is 50.1 Å². The molecule has 0 fully saturated rings. The maximum absolute atomic E-state index is 12.7. The van der Waals surface area contributed by atoms with Gasteiger partial charge >= 0.3 is 11.9 Å². The molecule has 0 aliphatic heterocycles. The van der Waals surface area contributed by atoms with Crippen molar-refractivity contribution in [3.63, 3.8) is 0 Å². The number of benzene rings is 2. The fourth-order valence-corrected chi connectivity index (χ4v) is 3.41. The largest absolute Gasteiger partial charge is 0.493 e. The van der Waals surface area contributed by atoms with Gasteiger partial charge < -0.3 is 18.9 Å². The Kier molecular flexibility index (Phi) is 6.47. The topological polar surface area (TPSA) is 117 Å². The minimum absolute atomic E-state index is 0.0157. The SMILES string of the molecule is COC(=O)c1cc(NS(=O)(=O)c2ccc(OC)c(OC)c2)cc(C(=O)OC)c1. The van der Waals surface area contributed by atoms with Crippen LogP contribution in [-0.4, -0.2) is 48.8 Å².